The molecule has 0 unspecified atom stereocenters. The second kappa shape index (κ2) is 14.3. The third-order valence-electron chi connectivity index (χ3n) is 12.5. The van der Waals surface area contributed by atoms with E-state index < -0.39 is 0 Å². The van der Waals surface area contributed by atoms with Gasteiger partial charge in [0.15, 0.2) is 0 Å². The van der Waals surface area contributed by atoms with Crippen molar-refractivity contribution in [3.05, 3.63) is 231 Å². The molecular formula is C59H38N2. The quantitative estimate of drug-likeness (QED) is 0.154. The Morgan fingerprint density at radius 1 is 0.295 bits per heavy atom. The second-order valence-electron chi connectivity index (χ2n) is 15.9. The second-order valence-corrected chi connectivity index (χ2v) is 15.9. The minimum atomic E-state index is 1.14. The van der Waals surface area contributed by atoms with Crippen LogP contribution in [0.25, 0.3) is 115 Å². The third-order valence-corrected chi connectivity index (χ3v) is 12.5. The van der Waals surface area contributed by atoms with Crippen LogP contribution in [0, 0.1) is 0 Å². The summed E-state index contributed by atoms with van der Waals surface area (Å²) in [4.78, 5) is 4.57. The molecule has 2 nitrogen and oxygen atoms in total. The summed E-state index contributed by atoms with van der Waals surface area (Å²) in [6, 6.07) is 79.6. The predicted molar refractivity (Wildman–Crippen MR) is 258 cm³/mol. The summed E-state index contributed by atoms with van der Waals surface area (Å²) in [6.45, 7) is 0. The first-order valence-electron chi connectivity index (χ1n) is 20.9. The van der Waals surface area contributed by atoms with Crippen molar-refractivity contribution in [1.29, 1.82) is 0 Å². The van der Waals surface area contributed by atoms with Gasteiger partial charge in [0.2, 0.25) is 0 Å². The maximum absolute atomic E-state index is 4.57. The van der Waals surface area contributed by atoms with Crippen LogP contribution in [-0.4, -0.2) is 9.55 Å². The van der Waals surface area contributed by atoms with Crippen molar-refractivity contribution in [3.63, 3.8) is 0 Å². The maximum Gasteiger partial charge on any atom is 0.0620 e. The highest BCUT2D eigenvalue weighted by Gasteiger charge is 2.20. The van der Waals surface area contributed by atoms with E-state index >= 15 is 0 Å². The Morgan fingerprint density at radius 3 is 1.39 bits per heavy atom. The molecule has 0 N–H and O–H groups in total. The Morgan fingerprint density at radius 2 is 0.770 bits per heavy atom. The first kappa shape index (κ1) is 34.9. The number of rotatable bonds is 6. The largest absolute Gasteiger partial charge is 0.309 e. The minimum Gasteiger partial charge on any atom is -0.309 e. The highest BCUT2D eigenvalue weighted by molar-refractivity contribution is 6.23. The molecule has 0 amide bonds. The van der Waals surface area contributed by atoms with Crippen molar-refractivity contribution in [2.45, 2.75) is 0 Å². The van der Waals surface area contributed by atoms with Crippen LogP contribution in [0.1, 0.15) is 0 Å². The van der Waals surface area contributed by atoms with Crippen molar-refractivity contribution in [2.24, 2.45) is 0 Å². The molecule has 0 bridgehead atoms. The molecule has 10 aromatic carbocycles. The lowest BCUT2D eigenvalue weighted by Gasteiger charge is -2.18. The Hall–Kier alpha value is -8.07. The van der Waals surface area contributed by atoms with Crippen molar-refractivity contribution in [3.8, 4) is 61.3 Å². The van der Waals surface area contributed by atoms with Crippen molar-refractivity contribution in [1.82, 2.24) is 9.55 Å². The summed E-state index contributed by atoms with van der Waals surface area (Å²) in [5.41, 5.74) is 15.7. The number of hydrogen-bond acceptors (Lipinski definition) is 1. The maximum atomic E-state index is 4.57. The van der Waals surface area contributed by atoms with Gasteiger partial charge in [-0.2, -0.15) is 0 Å². The highest BCUT2D eigenvalue weighted by Crippen LogP contribution is 2.45. The summed E-state index contributed by atoms with van der Waals surface area (Å²) in [5.74, 6) is 0. The number of para-hydroxylation sites is 1. The minimum absolute atomic E-state index is 1.14. The molecular weight excluding hydrogens is 737 g/mol. The van der Waals surface area contributed by atoms with Crippen molar-refractivity contribution >= 4 is 54.1 Å². The molecule has 0 fully saturated rings. The summed E-state index contributed by atoms with van der Waals surface area (Å²) in [6.07, 6.45) is 3.90. The molecule has 0 saturated heterocycles. The Labute approximate surface area is 354 Å². The molecule has 61 heavy (non-hydrogen) atoms. The fourth-order valence-corrected chi connectivity index (χ4v) is 9.69. The number of nitrogens with zero attached hydrogens (tertiary/aromatic N) is 2. The number of benzene rings is 10. The van der Waals surface area contributed by atoms with Crippen LogP contribution in [0.5, 0.6) is 0 Å². The molecule has 2 heteroatoms. The predicted octanol–water partition coefficient (Wildman–Crippen LogP) is 16.0. The lowest BCUT2D eigenvalue weighted by Crippen LogP contribution is -1.94. The fourth-order valence-electron chi connectivity index (χ4n) is 9.69. The van der Waals surface area contributed by atoms with Crippen LogP contribution in [0.4, 0.5) is 0 Å². The van der Waals surface area contributed by atoms with E-state index in [1.54, 1.807) is 0 Å². The average Bonchev–Trinajstić information content (AvgIpc) is 3.68. The molecule has 0 spiro atoms. The Kier molecular flexibility index (Phi) is 8.21. The van der Waals surface area contributed by atoms with E-state index in [9.17, 15) is 0 Å². The zero-order chi connectivity index (χ0) is 40.3. The lowest BCUT2D eigenvalue weighted by atomic mass is 9.85. The standard InChI is InChI=1S/C59H38N2/c1-4-14-43(15-5-1)57-48-21-11-12-22-49(48)58(44-16-6-2-7-17-44)53-36-45(32-33-50(53)57)41-26-24-39(25-27-41)40-28-30-42(31-29-40)52-37-54-55-38-60-35-34-56(55)61(46-18-8-3-9-19-46)59(54)51-23-13-10-20-47(51)52/h1-38H. The Bertz CT molecular complexity index is 3590. The normalized spacial score (nSPS) is 11.6. The number of aromatic nitrogens is 2. The van der Waals surface area contributed by atoms with E-state index in [1.165, 1.54) is 98.9 Å². The smallest absolute Gasteiger partial charge is 0.0620 e. The van der Waals surface area contributed by atoms with Crippen LogP contribution in [0.15, 0.2) is 231 Å². The fraction of sp³-hybridized carbons (Fsp3) is 0. The van der Waals surface area contributed by atoms with E-state index in [0.717, 1.165) is 16.6 Å². The average molecular weight is 775 g/mol. The van der Waals surface area contributed by atoms with Gasteiger partial charge in [-0.1, -0.05) is 188 Å². The SMILES string of the molecule is c1ccc(-c2c3ccccc3c(-c3ccccc3)c3cc(-c4ccc(-c5ccc(-c6cc7c8cnccc8n(-c8ccccc8)c7c7ccccc67)cc5)cc4)ccc23)cc1. The van der Waals surface area contributed by atoms with Crippen LogP contribution >= 0.6 is 0 Å². The molecule has 0 aliphatic heterocycles. The zero-order valence-corrected chi connectivity index (χ0v) is 33.3. The number of pyridine rings is 1. The van der Waals surface area contributed by atoms with Gasteiger partial charge < -0.3 is 4.57 Å². The van der Waals surface area contributed by atoms with Gasteiger partial charge in [0.05, 0.1) is 11.0 Å². The molecule has 2 aromatic heterocycles. The molecule has 2 heterocycles. The van der Waals surface area contributed by atoms with Gasteiger partial charge in [-0.15, -0.1) is 0 Å². The summed E-state index contributed by atoms with van der Waals surface area (Å²) >= 11 is 0. The van der Waals surface area contributed by atoms with Gasteiger partial charge >= 0.3 is 0 Å². The first-order chi connectivity index (χ1) is 30.3. The van der Waals surface area contributed by atoms with E-state index in [-0.39, 0.29) is 0 Å². The van der Waals surface area contributed by atoms with E-state index in [0.29, 0.717) is 0 Å². The summed E-state index contributed by atoms with van der Waals surface area (Å²) < 4.78 is 2.38. The van der Waals surface area contributed by atoms with Crippen LogP contribution < -0.4 is 0 Å². The van der Waals surface area contributed by atoms with E-state index in [1.807, 2.05) is 12.4 Å². The molecule has 0 aliphatic rings. The summed E-state index contributed by atoms with van der Waals surface area (Å²) in [7, 11) is 0. The van der Waals surface area contributed by atoms with Gasteiger partial charge in [0, 0.05) is 34.2 Å². The van der Waals surface area contributed by atoms with Gasteiger partial charge in [0.25, 0.3) is 0 Å². The Balaban J connectivity index is 0.939. The number of hydrogen-bond donors (Lipinski definition) is 0. The molecule has 0 atom stereocenters. The first-order valence-corrected chi connectivity index (χ1v) is 20.9. The van der Waals surface area contributed by atoms with E-state index in [2.05, 4.69) is 228 Å². The zero-order valence-electron chi connectivity index (χ0n) is 33.3. The van der Waals surface area contributed by atoms with Gasteiger partial charge in [-0.25, -0.2) is 0 Å². The third kappa shape index (κ3) is 5.76. The molecule has 12 aromatic rings. The van der Waals surface area contributed by atoms with Gasteiger partial charge in [-0.05, 0) is 113 Å². The van der Waals surface area contributed by atoms with Crippen molar-refractivity contribution < 1.29 is 0 Å². The van der Waals surface area contributed by atoms with Crippen LogP contribution in [0.2, 0.25) is 0 Å². The molecule has 0 aliphatic carbocycles. The van der Waals surface area contributed by atoms with Gasteiger partial charge in [0.1, 0.15) is 0 Å². The molecule has 0 saturated carbocycles. The number of fused-ring (bicyclic) bond motifs is 7. The molecule has 0 radical (unpaired) electrons. The van der Waals surface area contributed by atoms with Crippen LogP contribution in [-0.2, 0) is 0 Å². The topological polar surface area (TPSA) is 17.8 Å². The highest BCUT2D eigenvalue weighted by atomic mass is 15.0. The van der Waals surface area contributed by atoms with Gasteiger partial charge in [-0.3, -0.25) is 4.98 Å². The molecule has 284 valence electrons. The monoisotopic (exact) mass is 774 g/mol. The van der Waals surface area contributed by atoms with Crippen LogP contribution in [0.3, 0.4) is 0 Å². The summed E-state index contributed by atoms with van der Waals surface area (Å²) in [5, 5.41) is 9.86. The van der Waals surface area contributed by atoms with Crippen molar-refractivity contribution in [2.75, 3.05) is 0 Å². The molecule has 12 rings (SSSR count). The van der Waals surface area contributed by atoms with E-state index in [4.69, 9.17) is 0 Å². The lowest BCUT2D eigenvalue weighted by molar-refractivity contribution is 1.18.